The number of hydrogen-bond acceptors (Lipinski definition) is 2. The van der Waals surface area contributed by atoms with Gasteiger partial charge in [0.15, 0.2) is 0 Å². The maximum absolute atomic E-state index is 6.02. The van der Waals surface area contributed by atoms with Crippen molar-refractivity contribution in [3.05, 3.63) is 34.4 Å². The van der Waals surface area contributed by atoms with Crippen LogP contribution in [0.1, 0.15) is 20.3 Å². The van der Waals surface area contributed by atoms with Crippen LogP contribution in [0.3, 0.4) is 0 Å². The van der Waals surface area contributed by atoms with E-state index in [2.05, 4.69) is 18.9 Å². The standard InChI is InChI=1S/C14H17Cl2N3/c1-9(2)5-6-19-8-13(17)14(18-19)10-3-4-11(15)12(16)7-10/h3-4,7-9H,5-6,17H2,1-2H3. The summed E-state index contributed by atoms with van der Waals surface area (Å²) in [5.41, 5.74) is 8.30. The number of halogens is 2. The molecule has 0 aliphatic heterocycles. The van der Waals surface area contributed by atoms with Gasteiger partial charge in [-0.15, -0.1) is 0 Å². The van der Waals surface area contributed by atoms with Gasteiger partial charge >= 0.3 is 0 Å². The lowest BCUT2D eigenvalue weighted by molar-refractivity contribution is 0.488. The monoisotopic (exact) mass is 297 g/mol. The first kappa shape index (κ1) is 14.2. The third-order valence-electron chi connectivity index (χ3n) is 2.92. The van der Waals surface area contributed by atoms with E-state index in [9.17, 15) is 0 Å². The summed E-state index contributed by atoms with van der Waals surface area (Å²) in [5.74, 6) is 0.638. The lowest BCUT2D eigenvalue weighted by Crippen LogP contribution is -2.02. The highest BCUT2D eigenvalue weighted by Crippen LogP contribution is 2.30. The van der Waals surface area contributed by atoms with Gasteiger partial charge in [-0.1, -0.05) is 43.1 Å². The van der Waals surface area contributed by atoms with Crippen LogP contribution in [0.15, 0.2) is 24.4 Å². The minimum Gasteiger partial charge on any atom is -0.396 e. The van der Waals surface area contributed by atoms with Gasteiger partial charge in [0, 0.05) is 18.3 Å². The van der Waals surface area contributed by atoms with Crippen LogP contribution in [0.4, 0.5) is 5.69 Å². The number of hydrogen-bond donors (Lipinski definition) is 1. The Labute approximate surface area is 123 Å². The molecule has 0 aliphatic carbocycles. The molecule has 2 N–H and O–H groups in total. The molecule has 5 heteroatoms. The Hall–Kier alpha value is -1.19. The highest BCUT2D eigenvalue weighted by molar-refractivity contribution is 6.42. The lowest BCUT2D eigenvalue weighted by Gasteiger charge is -2.04. The minimum atomic E-state index is 0.510. The Morgan fingerprint density at radius 1 is 1.26 bits per heavy atom. The molecule has 0 saturated heterocycles. The molecule has 19 heavy (non-hydrogen) atoms. The van der Waals surface area contributed by atoms with Crippen molar-refractivity contribution in [2.24, 2.45) is 5.92 Å². The van der Waals surface area contributed by atoms with Crippen molar-refractivity contribution >= 4 is 28.9 Å². The molecule has 0 spiro atoms. The van der Waals surface area contributed by atoms with Crippen LogP contribution in [0, 0.1) is 5.92 Å². The topological polar surface area (TPSA) is 43.8 Å². The molecule has 102 valence electrons. The van der Waals surface area contributed by atoms with Gasteiger partial charge in [0.2, 0.25) is 0 Å². The zero-order chi connectivity index (χ0) is 14.0. The van der Waals surface area contributed by atoms with Crippen molar-refractivity contribution in [2.45, 2.75) is 26.8 Å². The van der Waals surface area contributed by atoms with E-state index in [0.717, 1.165) is 24.2 Å². The molecule has 0 atom stereocenters. The Morgan fingerprint density at radius 2 is 2.00 bits per heavy atom. The lowest BCUT2D eigenvalue weighted by atomic mass is 10.1. The minimum absolute atomic E-state index is 0.510. The van der Waals surface area contributed by atoms with Crippen LogP contribution in [0.25, 0.3) is 11.3 Å². The molecule has 0 aliphatic rings. The molecule has 2 rings (SSSR count). The summed E-state index contributed by atoms with van der Waals surface area (Å²) >= 11 is 11.9. The van der Waals surface area contributed by atoms with Crippen molar-refractivity contribution in [3.8, 4) is 11.3 Å². The molecule has 2 aromatic rings. The van der Waals surface area contributed by atoms with E-state index in [1.165, 1.54) is 0 Å². The normalized spacial score (nSPS) is 11.2. The van der Waals surface area contributed by atoms with Crippen LogP contribution in [-0.2, 0) is 6.54 Å². The molecular formula is C14H17Cl2N3. The molecule has 0 amide bonds. The Bertz CT molecular complexity index is 576. The third kappa shape index (κ3) is 3.43. The number of aryl methyl sites for hydroxylation is 1. The molecule has 0 bridgehead atoms. The Morgan fingerprint density at radius 3 is 2.63 bits per heavy atom. The van der Waals surface area contributed by atoms with Crippen molar-refractivity contribution in [2.75, 3.05) is 5.73 Å². The first-order valence-corrected chi connectivity index (χ1v) is 7.01. The zero-order valence-corrected chi connectivity index (χ0v) is 12.5. The number of nitrogen functional groups attached to an aromatic ring is 1. The van der Waals surface area contributed by atoms with Crippen molar-refractivity contribution in [1.82, 2.24) is 9.78 Å². The molecule has 1 aromatic heterocycles. The van der Waals surface area contributed by atoms with Crippen molar-refractivity contribution < 1.29 is 0 Å². The fraction of sp³-hybridized carbons (Fsp3) is 0.357. The van der Waals surface area contributed by atoms with E-state index < -0.39 is 0 Å². The van der Waals surface area contributed by atoms with Gasteiger partial charge < -0.3 is 5.73 Å². The van der Waals surface area contributed by atoms with E-state index >= 15 is 0 Å². The Balaban J connectivity index is 2.27. The van der Waals surface area contributed by atoms with Crippen LogP contribution in [-0.4, -0.2) is 9.78 Å². The smallest absolute Gasteiger partial charge is 0.115 e. The van der Waals surface area contributed by atoms with Gasteiger partial charge in [-0.25, -0.2) is 0 Å². The quantitative estimate of drug-likeness (QED) is 0.904. The van der Waals surface area contributed by atoms with E-state index in [1.54, 1.807) is 12.1 Å². The first-order valence-electron chi connectivity index (χ1n) is 6.25. The fourth-order valence-electron chi connectivity index (χ4n) is 1.81. The summed E-state index contributed by atoms with van der Waals surface area (Å²) in [6.07, 6.45) is 2.93. The highest BCUT2D eigenvalue weighted by Gasteiger charge is 2.10. The van der Waals surface area contributed by atoms with Gasteiger partial charge in [0.25, 0.3) is 0 Å². The number of benzene rings is 1. The zero-order valence-electron chi connectivity index (χ0n) is 11.0. The molecule has 0 fully saturated rings. The second kappa shape index (κ2) is 5.85. The van der Waals surface area contributed by atoms with E-state index in [4.69, 9.17) is 28.9 Å². The average molecular weight is 298 g/mol. The number of nitrogens with two attached hydrogens (primary N) is 1. The molecule has 0 unspecified atom stereocenters. The summed E-state index contributed by atoms with van der Waals surface area (Å²) in [7, 11) is 0. The number of nitrogens with zero attached hydrogens (tertiary/aromatic N) is 2. The molecule has 3 nitrogen and oxygen atoms in total. The van der Waals surface area contributed by atoms with Crippen LogP contribution in [0.5, 0.6) is 0 Å². The molecule has 1 aromatic carbocycles. The summed E-state index contributed by atoms with van der Waals surface area (Å²) in [6.45, 7) is 5.24. The van der Waals surface area contributed by atoms with Crippen LogP contribution in [0.2, 0.25) is 10.0 Å². The highest BCUT2D eigenvalue weighted by atomic mass is 35.5. The van der Waals surface area contributed by atoms with Crippen molar-refractivity contribution in [3.63, 3.8) is 0 Å². The summed E-state index contributed by atoms with van der Waals surface area (Å²) < 4.78 is 1.88. The Kier molecular flexibility index (Phi) is 4.38. The average Bonchev–Trinajstić information content (AvgIpc) is 2.72. The maximum atomic E-state index is 6.02. The van der Waals surface area contributed by atoms with Gasteiger partial charge in [-0.3, -0.25) is 4.68 Å². The number of anilines is 1. The predicted molar refractivity (Wildman–Crippen MR) is 81.6 cm³/mol. The molecular weight excluding hydrogens is 281 g/mol. The van der Waals surface area contributed by atoms with Gasteiger partial charge in [-0.05, 0) is 24.5 Å². The van der Waals surface area contributed by atoms with E-state index in [1.807, 2.05) is 16.9 Å². The van der Waals surface area contributed by atoms with Crippen molar-refractivity contribution in [1.29, 1.82) is 0 Å². The number of rotatable bonds is 4. The second-order valence-corrected chi connectivity index (χ2v) is 5.82. The molecule has 0 saturated carbocycles. The second-order valence-electron chi connectivity index (χ2n) is 5.01. The SMILES string of the molecule is CC(C)CCn1cc(N)c(-c2ccc(Cl)c(Cl)c2)n1. The largest absolute Gasteiger partial charge is 0.396 e. The van der Waals surface area contributed by atoms with Gasteiger partial charge in [0.1, 0.15) is 5.69 Å². The predicted octanol–water partition coefficient (Wildman–Crippen LogP) is 4.49. The van der Waals surface area contributed by atoms with E-state index in [-0.39, 0.29) is 0 Å². The summed E-state index contributed by atoms with van der Waals surface area (Å²) in [6, 6.07) is 5.42. The molecule has 0 radical (unpaired) electrons. The summed E-state index contributed by atoms with van der Waals surface area (Å²) in [4.78, 5) is 0. The van der Waals surface area contributed by atoms with Crippen LogP contribution >= 0.6 is 23.2 Å². The van der Waals surface area contributed by atoms with E-state index in [0.29, 0.717) is 21.7 Å². The maximum Gasteiger partial charge on any atom is 0.115 e. The first-order chi connectivity index (χ1) is 8.97. The fourth-order valence-corrected chi connectivity index (χ4v) is 2.11. The third-order valence-corrected chi connectivity index (χ3v) is 3.66. The molecule has 1 heterocycles. The van der Waals surface area contributed by atoms with Gasteiger partial charge in [0.05, 0.1) is 15.7 Å². The summed E-state index contributed by atoms with van der Waals surface area (Å²) in [5, 5.41) is 5.55. The number of aromatic nitrogens is 2. The van der Waals surface area contributed by atoms with Gasteiger partial charge in [-0.2, -0.15) is 5.10 Å². The van der Waals surface area contributed by atoms with Crippen LogP contribution < -0.4 is 5.73 Å².